The van der Waals surface area contributed by atoms with Crippen LogP contribution in [0.1, 0.15) is 19.3 Å². The van der Waals surface area contributed by atoms with Gasteiger partial charge in [-0.05, 0) is 19.3 Å². The summed E-state index contributed by atoms with van der Waals surface area (Å²) >= 11 is 0. The SMILES string of the molecule is NC(=O)C1=CN(C2CCC(COC(=O)/C=C/C(=O)O)O2)C=CC1. The molecule has 2 heterocycles. The molecule has 0 saturated carbocycles. The molecular formula is C15H18N2O6. The van der Waals surface area contributed by atoms with Crippen molar-refractivity contribution in [1.82, 2.24) is 4.90 Å². The summed E-state index contributed by atoms with van der Waals surface area (Å²) in [5.41, 5.74) is 5.78. The van der Waals surface area contributed by atoms with Crippen molar-refractivity contribution in [2.24, 2.45) is 5.73 Å². The molecule has 0 bridgehead atoms. The summed E-state index contributed by atoms with van der Waals surface area (Å²) < 4.78 is 10.7. The summed E-state index contributed by atoms with van der Waals surface area (Å²) in [6.45, 7) is 0.0449. The predicted molar refractivity (Wildman–Crippen MR) is 78.5 cm³/mol. The maximum atomic E-state index is 11.3. The van der Waals surface area contributed by atoms with Gasteiger partial charge in [0.2, 0.25) is 5.91 Å². The number of esters is 1. The van der Waals surface area contributed by atoms with Crippen molar-refractivity contribution in [3.05, 3.63) is 36.2 Å². The molecule has 3 N–H and O–H groups in total. The fraction of sp³-hybridized carbons (Fsp3) is 0.400. The lowest BCUT2D eigenvalue weighted by Gasteiger charge is -2.27. The molecule has 0 aromatic heterocycles. The van der Waals surface area contributed by atoms with Gasteiger partial charge in [0.05, 0.1) is 6.10 Å². The zero-order chi connectivity index (χ0) is 16.8. The van der Waals surface area contributed by atoms with Crippen LogP contribution < -0.4 is 5.73 Å². The van der Waals surface area contributed by atoms with Crippen LogP contribution in [0.3, 0.4) is 0 Å². The molecule has 0 aromatic rings. The molecule has 2 atom stereocenters. The van der Waals surface area contributed by atoms with Gasteiger partial charge in [-0.1, -0.05) is 6.08 Å². The lowest BCUT2D eigenvalue weighted by atomic mass is 10.1. The molecule has 2 aliphatic heterocycles. The molecule has 8 heteroatoms. The minimum absolute atomic E-state index is 0.0449. The average molecular weight is 322 g/mol. The molecule has 1 saturated heterocycles. The van der Waals surface area contributed by atoms with Crippen molar-refractivity contribution in [3.63, 3.8) is 0 Å². The number of carboxylic acid groups (broad SMARTS) is 1. The highest BCUT2D eigenvalue weighted by Crippen LogP contribution is 2.26. The Morgan fingerprint density at radius 1 is 1.39 bits per heavy atom. The van der Waals surface area contributed by atoms with Crippen LogP contribution in [0.25, 0.3) is 0 Å². The van der Waals surface area contributed by atoms with E-state index in [1.807, 2.05) is 12.3 Å². The molecule has 8 nitrogen and oxygen atoms in total. The van der Waals surface area contributed by atoms with Crippen LogP contribution in [0.2, 0.25) is 0 Å². The summed E-state index contributed by atoms with van der Waals surface area (Å²) in [6.07, 6.45) is 8.24. The van der Waals surface area contributed by atoms with E-state index in [-0.39, 0.29) is 18.9 Å². The second-order valence-corrected chi connectivity index (χ2v) is 5.15. The van der Waals surface area contributed by atoms with Crippen molar-refractivity contribution in [2.45, 2.75) is 31.6 Å². The van der Waals surface area contributed by atoms with Crippen molar-refractivity contribution >= 4 is 17.8 Å². The molecule has 2 aliphatic rings. The van der Waals surface area contributed by atoms with Crippen LogP contribution in [0, 0.1) is 0 Å². The highest BCUT2D eigenvalue weighted by Gasteiger charge is 2.30. The number of hydrogen-bond acceptors (Lipinski definition) is 6. The summed E-state index contributed by atoms with van der Waals surface area (Å²) in [5, 5.41) is 8.41. The molecule has 2 unspecified atom stereocenters. The van der Waals surface area contributed by atoms with Gasteiger partial charge in [-0.15, -0.1) is 0 Å². The average Bonchev–Trinajstić information content (AvgIpc) is 3.00. The highest BCUT2D eigenvalue weighted by molar-refractivity contribution is 5.92. The van der Waals surface area contributed by atoms with Gasteiger partial charge in [0.25, 0.3) is 0 Å². The minimum atomic E-state index is -1.21. The van der Waals surface area contributed by atoms with Crippen molar-refractivity contribution in [2.75, 3.05) is 6.61 Å². The monoisotopic (exact) mass is 322 g/mol. The van der Waals surface area contributed by atoms with E-state index in [2.05, 4.69) is 0 Å². The van der Waals surface area contributed by atoms with Crippen molar-refractivity contribution in [3.8, 4) is 0 Å². The van der Waals surface area contributed by atoms with E-state index >= 15 is 0 Å². The van der Waals surface area contributed by atoms with Gasteiger partial charge < -0.3 is 25.2 Å². The summed E-state index contributed by atoms with van der Waals surface area (Å²) in [5.74, 6) is -2.41. The quantitative estimate of drug-likeness (QED) is 0.532. The Labute approximate surface area is 132 Å². The topological polar surface area (TPSA) is 119 Å². The molecule has 0 radical (unpaired) electrons. The van der Waals surface area contributed by atoms with Crippen LogP contribution in [0.15, 0.2) is 36.2 Å². The number of allylic oxidation sites excluding steroid dienone is 1. The van der Waals surface area contributed by atoms with Crippen LogP contribution in [0.4, 0.5) is 0 Å². The van der Waals surface area contributed by atoms with Gasteiger partial charge in [0.15, 0.2) is 0 Å². The van der Waals surface area contributed by atoms with Crippen LogP contribution >= 0.6 is 0 Å². The van der Waals surface area contributed by atoms with E-state index in [9.17, 15) is 14.4 Å². The molecule has 1 fully saturated rings. The Morgan fingerprint density at radius 3 is 2.87 bits per heavy atom. The number of rotatable bonds is 6. The summed E-state index contributed by atoms with van der Waals surface area (Å²) in [7, 11) is 0. The molecule has 0 aliphatic carbocycles. The van der Waals surface area contributed by atoms with Gasteiger partial charge in [-0.25, -0.2) is 9.59 Å². The first-order valence-corrected chi connectivity index (χ1v) is 7.13. The van der Waals surface area contributed by atoms with Gasteiger partial charge in [0.1, 0.15) is 12.8 Å². The molecule has 0 aromatic carbocycles. The van der Waals surface area contributed by atoms with Gasteiger partial charge >= 0.3 is 11.9 Å². The van der Waals surface area contributed by atoms with Crippen LogP contribution in [-0.4, -0.2) is 46.8 Å². The van der Waals surface area contributed by atoms with Crippen molar-refractivity contribution in [1.29, 1.82) is 0 Å². The number of hydrogen-bond donors (Lipinski definition) is 2. The van der Waals surface area contributed by atoms with E-state index in [1.165, 1.54) is 0 Å². The van der Waals surface area contributed by atoms with E-state index in [0.29, 0.717) is 24.8 Å². The Bertz CT molecular complexity index is 581. The fourth-order valence-electron chi connectivity index (χ4n) is 2.31. The number of carboxylic acids is 1. The zero-order valence-corrected chi connectivity index (χ0v) is 12.4. The van der Waals surface area contributed by atoms with E-state index in [4.69, 9.17) is 20.3 Å². The highest BCUT2D eigenvalue weighted by atomic mass is 16.6. The number of nitrogens with zero attached hydrogens (tertiary/aromatic N) is 1. The molecule has 0 spiro atoms. The standard InChI is InChI=1S/C15H18N2O6/c16-15(21)10-2-1-7-17(8-10)12-4-3-11(23-12)9-22-14(20)6-5-13(18)19/h1,5-8,11-12H,2-4,9H2,(H2,16,21)(H,18,19)/b6-5+. The fourth-order valence-corrected chi connectivity index (χ4v) is 2.31. The molecule has 2 rings (SSSR count). The lowest BCUT2D eigenvalue weighted by Crippen LogP contribution is -2.30. The first-order valence-electron chi connectivity index (χ1n) is 7.13. The smallest absolute Gasteiger partial charge is 0.331 e. The zero-order valence-electron chi connectivity index (χ0n) is 12.4. The number of carbonyl (C=O) groups excluding carboxylic acids is 2. The Hall–Kier alpha value is -2.61. The second kappa shape index (κ2) is 7.59. The third kappa shape index (κ3) is 4.96. The first-order chi connectivity index (χ1) is 11.0. The van der Waals surface area contributed by atoms with Crippen molar-refractivity contribution < 1.29 is 29.0 Å². The summed E-state index contributed by atoms with van der Waals surface area (Å²) in [6, 6.07) is 0. The number of amides is 1. The molecule has 1 amide bonds. The number of nitrogens with two attached hydrogens (primary N) is 1. The van der Waals surface area contributed by atoms with Gasteiger partial charge in [0, 0.05) is 30.1 Å². The number of carbonyl (C=O) groups is 3. The van der Waals surface area contributed by atoms with Crippen LogP contribution in [-0.2, 0) is 23.9 Å². The predicted octanol–water partition coefficient (Wildman–Crippen LogP) is 0.264. The number of aliphatic carboxylic acids is 1. The Balaban J connectivity index is 1.81. The Kier molecular flexibility index (Phi) is 5.53. The first kappa shape index (κ1) is 16.8. The third-order valence-electron chi connectivity index (χ3n) is 3.43. The maximum absolute atomic E-state index is 11.3. The van der Waals surface area contributed by atoms with Gasteiger partial charge in [-0.2, -0.15) is 0 Å². The number of primary amides is 1. The number of ether oxygens (including phenoxy) is 2. The minimum Gasteiger partial charge on any atom is -0.478 e. The Morgan fingerprint density at radius 2 is 2.17 bits per heavy atom. The van der Waals surface area contributed by atoms with Gasteiger partial charge in [-0.3, -0.25) is 4.79 Å². The van der Waals surface area contributed by atoms with E-state index < -0.39 is 17.8 Å². The van der Waals surface area contributed by atoms with Crippen LogP contribution in [0.5, 0.6) is 0 Å². The molecule has 124 valence electrons. The van der Waals surface area contributed by atoms with E-state index in [1.54, 1.807) is 11.1 Å². The molecule has 23 heavy (non-hydrogen) atoms. The second-order valence-electron chi connectivity index (χ2n) is 5.15. The lowest BCUT2D eigenvalue weighted by molar-refractivity contribution is -0.143. The molecular weight excluding hydrogens is 304 g/mol. The largest absolute Gasteiger partial charge is 0.478 e. The third-order valence-corrected chi connectivity index (χ3v) is 3.43. The van der Waals surface area contributed by atoms with E-state index in [0.717, 1.165) is 12.2 Å². The normalized spacial score (nSPS) is 23.8. The summed E-state index contributed by atoms with van der Waals surface area (Å²) in [4.78, 5) is 34.6. The maximum Gasteiger partial charge on any atom is 0.331 e.